The van der Waals surface area contributed by atoms with E-state index >= 15 is 0 Å². The highest BCUT2D eigenvalue weighted by atomic mass is 16.6. The number of carbonyl (C=O) groups is 1. The maximum absolute atomic E-state index is 11.0. The van der Waals surface area contributed by atoms with Crippen LogP contribution < -0.4 is 0 Å². The van der Waals surface area contributed by atoms with E-state index in [0.717, 1.165) is 0 Å². The maximum atomic E-state index is 11.0. The van der Waals surface area contributed by atoms with Gasteiger partial charge in [-0.1, -0.05) is 5.92 Å². The molecule has 0 aromatic rings. The van der Waals surface area contributed by atoms with E-state index in [0.29, 0.717) is 59.5 Å². The first-order valence-electron chi connectivity index (χ1n) is 6.71. The quantitative estimate of drug-likeness (QED) is 0.265. The Labute approximate surface area is 120 Å². The zero-order valence-electron chi connectivity index (χ0n) is 12.1. The minimum atomic E-state index is -0.242. The van der Waals surface area contributed by atoms with Crippen LogP contribution in [0.25, 0.3) is 0 Å². The number of terminal acetylenes is 1. The van der Waals surface area contributed by atoms with Gasteiger partial charge in [-0.15, -0.1) is 6.42 Å². The van der Waals surface area contributed by atoms with Crippen molar-refractivity contribution in [3.63, 3.8) is 0 Å². The van der Waals surface area contributed by atoms with Gasteiger partial charge in [-0.25, -0.2) is 0 Å². The summed E-state index contributed by atoms with van der Waals surface area (Å²) < 4.78 is 25.5. The van der Waals surface area contributed by atoms with Gasteiger partial charge in [0, 0.05) is 0 Å². The third kappa shape index (κ3) is 14.9. The molecule has 0 saturated carbocycles. The van der Waals surface area contributed by atoms with Crippen LogP contribution in [0.15, 0.2) is 0 Å². The van der Waals surface area contributed by atoms with Gasteiger partial charge in [-0.05, 0) is 6.92 Å². The van der Waals surface area contributed by atoms with E-state index < -0.39 is 0 Å². The van der Waals surface area contributed by atoms with E-state index in [-0.39, 0.29) is 12.4 Å². The summed E-state index contributed by atoms with van der Waals surface area (Å²) in [6.45, 7) is 5.74. The van der Waals surface area contributed by atoms with E-state index in [4.69, 9.17) is 30.1 Å². The van der Waals surface area contributed by atoms with Gasteiger partial charge in [0.1, 0.15) is 6.61 Å². The molecule has 0 aromatic carbocycles. The molecular formula is C14H24O6. The summed E-state index contributed by atoms with van der Waals surface area (Å²) in [7, 11) is 0. The highest BCUT2D eigenvalue weighted by molar-refractivity contribution is 5.69. The molecule has 116 valence electrons. The van der Waals surface area contributed by atoms with Gasteiger partial charge in [0.2, 0.25) is 0 Å². The van der Waals surface area contributed by atoms with Gasteiger partial charge in [-0.2, -0.15) is 0 Å². The maximum Gasteiger partial charge on any atom is 0.308 e. The summed E-state index contributed by atoms with van der Waals surface area (Å²) in [4.78, 5) is 11.0. The summed E-state index contributed by atoms with van der Waals surface area (Å²) in [5.74, 6) is 2.13. The highest BCUT2D eigenvalue weighted by Gasteiger charge is 2.00. The summed E-state index contributed by atoms with van der Waals surface area (Å²) in [5, 5.41) is 0. The van der Waals surface area contributed by atoms with Crippen LogP contribution in [0, 0.1) is 12.3 Å². The fraction of sp³-hybridized carbons (Fsp3) is 0.786. The molecule has 0 radical (unpaired) electrons. The Morgan fingerprint density at radius 2 is 1.40 bits per heavy atom. The molecule has 0 N–H and O–H groups in total. The number of carbonyl (C=O) groups excluding carboxylic acids is 1. The van der Waals surface area contributed by atoms with Crippen molar-refractivity contribution in [2.24, 2.45) is 0 Å². The van der Waals surface area contributed by atoms with E-state index in [2.05, 4.69) is 5.92 Å². The molecule has 0 spiro atoms. The van der Waals surface area contributed by atoms with Crippen molar-refractivity contribution in [3.05, 3.63) is 0 Å². The molecule has 0 aliphatic rings. The number of esters is 1. The van der Waals surface area contributed by atoms with Gasteiger partial charge in [0.15, 0.2) is 0 Å². The first kappa shape index (κ1) is 18.9. The van der Waals surface area contributed by atoms with E-state index in [1.165, 1.54) is 0 Å². The minimum Gasteiger partial charge on any atom is -0.466 e. The number of ether oxygens (including phenoxy) is 5. The summed E-state index contributed by atoms with van der Waals surface area (Å²) in [6, 6.07) is 0. The van der Waals surface area contributed by atoms with Crippen LogP contribution in [-0.4, -0.2) is 65.4 Å². The van der Waals surface area contributed by atoms with Crippen molar-refractivity contribution in [2.75, 3.05) is 59.5 Å². The van der Waals surface area contributed by atoms with Crippen molar-refractivity contribution in [1.29, 1.82) is 0 Å². The van der Waals surface area contributed by atoms with Crippen molar-refractivity contribution >= 4 is 5.97 Å². The van der Waals surface area contributed by atoms with Gasteiger partial charge in [0.25, 0.3) is 0 Å². The highest BCUT2D eigenvalue weighted by Crippen LogP contribution is 1.88. The average molecular weight is 288 g/mol. The molecule has 0 atom stereocenters. The molecule has 0 bridgehead atoms. The van der Waals surface area contributed by atoms with Crippen molar-refractivity contribution in [2.45, 2.75) is 13.3 Å². The monoisotopic (exact) mass is 288 g/mol. The Morgan fingerprint density at radius 3 is 1.90 bits per heavy atom. The lowest BCUT2D eigenvalue weighted by atomic mass is 10.5. The number of rotatable bonds is 14. The summed E-state index contributed by atoms with van der Waals surface area (Å²) in [5.41, 5.74) is 0. The molecule has 0 fully saturated rings. The normalized spacial score (nSPS) is 10.2. The van der Waals surface area contributed by atoms with Crippen LogP contribution >= 0.6 is 0 Å². The van der Waals surface area contributed by atoms with Crippen molar-refractivity contribution in [1.82, 2.24) is 0 Å². The third-order valence-corrected chi connectivity index (χ3v) is 2.06. The molecule has 0 aromatic heterocycles. The second-order valence-electron chi connectivity index (χ2n) is 3.65. The molecule has 0 rings (SSSR count). The lowest BCUT2D eigenvalue weighted by Gasteiger charge is -2.06. The predicted octanol–water partition coefficient (Wildman–Crippen LogP) is 0.639. The van der Waals surface area contributed by atoms with Crippen LogP contribution in [0.5, 0.6) is 0 Å². The van der Waals surface area contributed by atoms with E-state index in [1.807, 2.05) is 0 Å². The second kappa shape index (κ2) is 15.9. The largest absolute Gasteiger partial charge is 0.466 e. The van der Waals surface area contributed by atoms with Crippen molar-refractivity contribution < 1.29 is 28.5 Å². The smallest absolute Gasteiger partial charge is 0.308 e. The van der Waals surface area contributed by atoms with Crippen LogP contribution in [0.4, 0.5) is 0 Å². The Kier molecular flexibility index (Phi) is 15.0. The molecular weight excluding hydrogens is 264 g/mol. The van der Waals surface area contributed by atoms with Gasteiger partial charge in [-0.3, -0.25) is 4.79 Å². The lowest BCUT2D eigenvalue weighted by molar-refractivity contribution is -0.144. The lowest BCUT2D eigenvalue weighted by Crippen LogP contribution is -2.13. The summed E-state index contributed by atoms with van der Waals surface area (Å²) >= 11 is 0. The predicted molar refractivity (Wildman–Crippen MR) is 73.4 cm³/mol. The zero-order chi connectivity index (χ0) is 14.9. The van der Waals surface area contributed by atoms with Gasteiger partial charge in [0.05, 0.1) is 59.3 Å². The Morgan fingerprint density at radius 1 is 0.900 bits per heavy atom. The molecule has 0 aliphatic carbocycles. The molecule has 0 amide bonds. The average Bonchev–Trinajstić information content (AvgIpc) is 2.44. The standard InChI is InChI=1S/C14H24O6/c1-3-6-16-8-10-18-12-13-19-11-9-17-7-5-14(15)20-4-2/h1H,4-13H2,2H3. The molecule has 6 nitrogen and oxygen atoms in total. The molecule has 0 saturated heterocycles. The third-order valence-electron chi connectivity index (χ3n) is 2.06. The Balaban J connectivity index is 3.03. The van der Waals surface area contributed by atoms with E-state index in [1.54, 1.807) is 6.92 Å². The molecule has 0 aliphatic heterocycles. The van der Waals surface area contributed by atoms with E-state index in [9.17, 15) is 4.79 Å². The van der Waals surface area contributed by atoms with Gasteiger partial charge >= 0.3 is 5.97 Å². The van der Waals surface area contributed by atoms with Crippen LogP contribution in [-0.2, 0) is 28.5 Å². The minimum absolute atomic E-state index is 0.242. The fourth-order valence-corrected chi connectivity index (χ4v) is 1.18. The topological polar surface area (TPSA) is 63.2 Å². The van der Waals surface area contributed by atoms with Crippen LogP contribution in [0.2, 0.25) is 0 Å². The fourth-order valence-electron chi connectivity index (χ4n) is 1.18. The Hall–Kier alpha value is -1.13. The summed E-state index contributed by atoms with van der Waals surface area (Å²) in [6.07, 6.45) is 5.29. The molecule has 6 heteroatoms. The second-order valence-corrected chi connectivity index (χ2v) is 3.65. The molecule has 0 unspecified atom stereocenters. The van der Waals surface area contributed by atoms with Gasteiger partial charge < -0.3 is 23.7 Å². The first-order valence-corrected chi connectivity index (χ1v) is 6.71. The molecule has 0 heterocycles. The molecule has 20 heavy (non-hydrogen) atoms. The number of hydrogen-bond acceptors (Lipinski definition) is 6. The SMILES string of the molecule is C#CCOCCOCCOCCOCCC(=O)OCC. The number of hydrogen-bond donors (Lipinski definition) is 0. The Bertz CT molecular complexity index is 261. The van der Waals surface area contributed by atoms with Crippen LogP contribution in [0.1, 0.15) is 13.3 Å². The zero-order valence-corrected chi connectivity index (χ0v) is 12.1. The van der Waals surface area contributed by atoms with Crippen molar-refractivity contribution in [3.8, 4) is 12.3 Å². The van der Waals surface area contributed by atoms with Crippen LogP contribution in [0.3, 0.4) is 0 Å². The first-order chi connectivity index (χ1) is 9.81.